The predicted molar refractivity (Wildman–Crippen MR) is 62.0 cm³/mol. The van der Waals surface area contributed by atoms with Crippen LogP contribution in [0.15, 0.2) is 24.3 Å². The van der Waals surface area contributed by atoms with E-state index >= 15 is 0 Å². The molecule has 1 aliphatic rings. The van der Waals surface area contributed by atoms with Gasteiger partial charge < -0.3 is 0 Å². The summed E-state index contributed by atoms with van der Waals surface area (Å²) in [5, 5.41) is -0.624. The lowest BCUT2D eigenvalue weighted by Gasteiger charge is -2.25. The lowest BCUT2D eigenvalue weighted by Crippen LogP contribution is -2.18. The second-order valence-electron chi connectivity index (χ2n) is 4.38. The number of rotatable bonds is 4. The van der Waals surface area contributed by atoms with E-state index in [0.29, 0.717) is 17.9 Å². The minimum Gasteiger partial charge on any atom is -0.298 e. The van der Waals surface area contributed by atoms with Crippen LogP contribution in [0.25, 0.3) is 0 Å². The quantitative estimate of drug-likeness (QED) is 0.731. The molecule has 1 aromatic rings. The van der Waals surface area contributed by atoms with Gasteiger partial charge in [-0.15, -0.1) is 11.6 Å². The maximum atomic E-state index is 12.7. The second-order valence-corrected chi connectivity index (χ2v) is 4.82. The molecule has 0 heterocycles. The molecule has 1 unspecified atom stereocenters. The van der Waals surface area contributed by atoms with E-state index in [1.807, 2.05) is 0 Å². The molecule has 1 aliphatic carbocycles. The standard InChI is InChI=1S/C13H14ClFO/c14-13(10-4-6-11(15)7-5-10)12(16)8-9-2-1-3-9/h4-7,9,13H,1-3,8H2. The van der Waals surface area contributed by atoms with Gasteiger partial charge in [0.2, 0.25) is 0 Å². The van der Waals surface area contributed by atoms with Crippen molar-refractivity contribution in [2.75, 3.05) is 0 Å². The Labute approximate surface area is 99.6 Å². The monoisotopic (exact) mass is 240 g/mol. The molecule has 0 aliphatic heterocycles. The van der Waals surface area contributed by atoms with E-state index in [-0.39, 0.29) is 11.6 Å². The molecule has 1 saturated carbocycles. The molecule has 1 fully saturated rings. The van der Waals surface area contributed by atoms with Gasteiger partial charge in [-0.3, -0.25) is 4.79 Å². The van der Waals surface area contributed by atoms with Gasteiger partial charge in [0.25, 0.3) is 0 Å². The maximum absolute atomic E-state index is 12.7. The molecule has 0 N–H and O–H groups in total. The van der Waals surface area contributed by atoms with Crippen molar-refractivity contribution < 1.29 is 9.18 Å². The Kier molecular flexibility index (Phi) is 3.59. The molecule has 1 nitrogen and oxygen atoms in total. The van der Waals surface area contributed by atoms with Crippen LogP contribution in [-0.4, -0.2) is 5.78 Å². The maximum Gasteiger partial charge on any atom is 0.155 e. The van der Waals surface area contributed by atoms with Crippen LogP contribution in [0.1, 0.15) is 36.6 Å². The topological polar surface area (TPSA) is 17.1 Å². The Morgan fingerprint density at radius 1 is 1.38 bits per heavy atom. The van der Waals surface area contributed by atoms with Crippen LogP contribution in [0.3, 0.4) is 0 Å². The highest BCUT2D eigenvalue weighted by Gasteiger charge is 2.25. The van der Waals surface area contributed by atoms with Crippen molar-refractivity contribution in [3.63, 3.8) is 0 Å². The molecule has 0 amide bonds. The number of alkyl halides is 1. The molecular weight excluding hydrogens is 227 g/mol. The van der Waals surface area contributed by atoms with Gasteiger partial charge in [0, 0.05) is 6.42 Å². The van der Waals surface area contributed by atoms with Gasteiger partial charge in [-0.1, -0.05) is 31.4 Å². The lowest BCUT2D eigenvalue weighted by molar-refractivity contribution is -0.120. The van der Waals surface area contributed by atoms with Gasteiger partial charge >= 0.3 is 0 Å². The third kappa shape index (κ3) is 2.62. The van der Waals surface area contributed by atoms with Crippen LogP contribution in [0.5, 0.6) is 0 Å². The van der Waals surface area contributed by atoms with Gasteiger partial charge in [-0.2, -0.15) is 0 Å². The summed E-state index contributed by atoms with van der Waals surface area (Å²) in [5.41, 5.74) is 0.687. The zero-order valence-electron chi connectivity index (χ0n) is 8.96. The first-order chi connectivity index (χ1) is 7.66. The fourth-order valence-corrected chi connectivity index (χ4v) is 2.14. The molecular formula is C13H14ClFO. The number of carbonyl (C=O) groups is 1. The molecule has 1 aromatic carbocycles. The van der Waals surface area contributed by atoms with Crippen LogP contribution in [0, 0.1) is 11.7 Å². The Morgan fingerprint density at radius 2 is 2.00 bits per heavy atom. The zero-order valence-corrected chi connectivity index (χ0v) is 9.71. The van der Waals surface area contributed by atoms with Gasteiger partial charge in [-0.05, 0) is 23.6 Å². The van der Waals surface area contributed by atoms with Crippen molar-refractivity contribution in [2.45, 2.75) is 31.1 Å². The van der Waals surface area contributed by atoms with E-state index in [1.54, 1.807) is 12.1 Å². The molecule has 0 saturated heterocycles. The first kappa shape index (κ1) is 11.6. The fourth-order valence-electron chi connectivity index (χ4n) is 1.90. The Balaban J connectivity index is 1.97. The van der Waals surface area contributed by atoms with E-state index in [2.05, 4.69) is 0 Å². The summed E-state index contributed by atoms with van der Waals surface area (Å²) in [4.78, 5) is 11.8. The highest BCUT2D eigenvalue weighted by Crippen LogP contribution is 2.33. The number of hydrogen-bond acceptors (Lipinski definition) is 1. The van der Waals surface area contributed by atoms with Crippen molar-refractivity contribution in [3.05, 3.63) is 35.6 Å². The van der Waals surface area contributed by atoms with Gasteiger partial charge in [-0.25, -0.2) is 4.39 Å². The van der Waals surface area contributed by atoms with Crippen LogP contribution >= 0.6 is 11.6 Å². The van der Waals surface area contributed by atoms with Crippen LogP contribution in [0.4, 0.5) is 4.39 Å². The smallest absolute Gasteiger partial charge is 0.155 e. The summed E-state index contributed by atoms with van der Waals surface area (Å²) in [5.74, 6) is 0.270. The summed E-state index contributed by atoms with van der Waals surface area (Å²) in [6.45, 7) is 0. The predicted octanol–water partition coefficient (Wildman–Crippen LogP) is 3.86. The summed E-state index contributed by atoms with van der Waals surface area (Å²) < 4.78 is 12.7. The third-order valence-corrected chi connectivity index (χ3v) is 3.66. The SMILES string of the molecule is O=C(CC1CCC1)C(Cl)c1ccc(F)cc1. The lowest BCUT2D eigenvalue weighted by atomic mass is 9.81. The molecule has 16 heavy (non-hydrogen) atoms. The largest absolute Gasteiger partial charge is 0.298 e. The van der Waals surface area contributed by atoms with Crippen molar-refractivity contribution in [3.8, 4) is 0 Å². The van der Waals surface area contributed by atoms with Crippen LogP contribution < -0.4 is 0 Å². The number of carbonyl (C=O) groups excluding carboxylic acids is 1. The first-order valence-electron chi connectivity index (χ1n) is 5.59. The molecule has 0 bridgehead atoms. The molecule has 0 spiro atoms. The minimum absolute atomic E-state index is 0.0537. The normalized spacial score (nSPS) is 17.9. The van der Waals surface area contributed by atoms with E-state index in [4.69, 9.17) is 11.6 Å². The summed E-state index contributed by atoms with van der Waals surface area (Å²) in [6, 6.07) is 5.82. The van der Waals surface area contributed by atoms with E-state index < -0.39 is 5.38 Å². The van der Waals surface area contributed by atoms with Crippen molar-refractivity contribution >= 4 is 17.4 Å². The molecule has 3 heteroatoms. The highest BCUT2D eigenvalue weighted by atomic mass is 35.5. The number of benzene rings is 1. The number of halogens is 2. The van der Waals surface area contributed by atoms with Crippen molar-refractivity contribution in [1.82, 2.24) is 0 Å². The van der Waals surface area contributed by atoms with Gasteiger partial charge in [0.1, 0.15) is 11.2 Å². The van der Waals surface area contributed by atoms with Gasteiger partial charge in [0.15, 0.2) is 5.78 Å². The van der Waals surface area contributed by atoms with E-state index in [1.165, 1.54) is 18.6 Å². The molecule has 0 radical (unpaired) electrons. The fraction of sp³-hybridized carbons (Fsp3) is 0.462. The Morgan fingerprint density at radius 3 is 2.50 bits per heavy atom. The number of ketones is 1. The Hall–Kier alpha value is -0.890. The summed E-state index contributed by atoms with van der Waals surface area (Å²) >= 11 is 6.06. The highest BCUT2D eigenvalue weighted by molar-refractivity contribution is 6.31. The molecule has 86 valence electrons. The number of hydrogen-bond donors (Lipinski definition) is 0. The Bertz CT molecular complexity index is 370. The summed E-state index contributed by atoms with van der Waals surface area (Å²) in [6.07, 6.45) is 4.06. The third-order valence-electron chi connectivity index (χ3n) is 3.16. The molecule has 2 rings (SSSR count). The average molecular weight is 241 g/mol. The molecule has 1 atom stereocenters. The summed E-state index contributed by atoms with van der Waals surface area (Å²) in [7, 11) is 0. The average Bonchev–Trinajstić information content (AvgIpc) is 2.23. The van der Waals surface area contributed by atoms with Crippen LogP contribution in [0.2, 0.25) is 0 Å². The van der Waals surface area contributed by atoms with Crippen LogP contribution in [-0.2, 0) is 4.79 Å². The minimum atomic E-state index is -0.624. The van der Waals surface area contributed by atoms with E-state index in [9.17, 15) is 9.18 Å². The molecule has 0 aromatic heterocycles. The van der Waals surface area contributed by atoms with Crippen molar-refractivity contribution in [1.29, 1.82) is 0 Å². The zero-order chi connectivity index (χ0) is 11.5. The van der Waals surface area contributed by atoms with Gasteiger partial charge in [0.05, 0.1) is 0 Å². The first-order valence-corrected chi connectivity index (χ1v) is 6.02. The second kappa shape index (κ2) is 4.96. The number of Topliss-reactive ketones (excluding diaryl/α,β-unsaturated/α-hetero) is 1. The van der Waals surface area contributed by atoms with E-state index in [0.717, 1.165) is 12.8 Å². The van der Waals surface area contributed by atoms with Crippen molar-refractivity contribution in [2.24, 2.45) is 5.92 Å².